The smallest absolute Gasteiger partial charge is 0.337 e. The Hall–Kier alpha value is -1.55. The first kappa shape index (κ1) is 12.9. The maximum absolute atomic E-state index is 10.6. The number of carboxylic acid groups (broad SMARTS) is 1. The third kappa shape index (κ3) is 3.23. The van der Waals surface area contributed by atoms with Crippen LogP contribution in [0.25, 0.3) is 0 Å². The fraction of sp³-hybridized carbons (Fsp3) is 0.500. The number of benzene rings is 1. The van der Waals surface area contributed by atoms with E-state index in [2.05, 4.69) is 0 Å². The van der Waals surface area contributed by atoms with E-state index in [0.29, 0.717) is 5.56 Å². The van der Waals surface area contributed by atoms with E-state index in [0.717, 1.165) is 18.6 Å². The van der Waals surface area contributed by atoms with Crippen LogP contribution < -0.4 is 4.74 Å². The summed E-state index contributed by atoms with van der Waals surface area (Å²) in [6.45, 7) is 0. The van der Waals surface area contributed by atoms with Crippen molar-refractivity contribution >= 4 is 5.97 Å². The van der Waals surface area contributed by atoms with Crippen molar-refractivity contribution in [1.82, 2.24) is 0 Å². The zero-order valence-electron chi connectivity index (χ0n) is 10.2. The van der Waals surface area contributed by atoms with Gasteiger partial charge in [0.25, 0.3) is 0 Å². The lowest BCUT2D eigenvalue weighted by atomic mass is 9.98. The molecule has 0 aliphatic heterocycles. The van der Waals surface area contributed by atoms with Crippen molar-refractivity contribution in [2.75, 3.05) is 0 Å². The molecular weight excluding hydrogens is 232 g/mol. The molecule has 1 aliphatic rings. The predicted molar refractivity (Wildman–Crippen MR) is 66.5 cm³/mol. The first-order chi connectivity index (χ1) is 8.66. The average molecular weight is 250 g/mol. The summed E-state index contributed by atoms with van der Waals surface area (Å²) in [5.41, 5.74) is 0.374. The molecule has 1 saturated carbocycles. The molecule has 4 nitrogen and oxygen atoms in total. The summed E-state index contributed by atoms with van der Waals surface area (Å²) >= 11 is 0. The molecular formula is C14H18O4. The van der Waals surface area contributed by atoms with Crippen molar-refractivity contribution in [3.8, 4) is 5.75 Å². The van der Waals surface area contributed by atoms with Crippen LogP contribution in [0.5, 0.6) is 5.75 Å². The lowest BCUT2D eigenvalue weighted by molar-refractivity contribution is -0.146. The molecule has 0 unspecified atom stereocenters. The summed E-state index contributed by atoms with van der Waals surface area (Å²) < 4.78 is 5.82. The Morgan fingerprint density at radius 3 is 2.33 bits per heavy atom. The Bertz CT molecular complexity index is 393. The first-order valence-corrected chi connectivity index (χ1v) is 6.34. The SMILES string of the molecule is O=C(O)[C@H](O)c1ccc(OC2CCCCC2)cc1. The summed E-state index contributed by atoms with van der Waals surface area (Å²) in [6, 6.07) is 6.63. The molecule has 0 bridgehead atoms. The Morgan fingerprint density at radius 2 is 1.78 bits per heavy atom. The van der Waals surface area contributed by atoms with Crippen LogP contribution in [0.3, 0.4) is 0 Å². The van der Waals surface area contributed by atoms with Gasteiger partial charge in [-0.2, -0.15) is 0 Å². The molecule has 1 aromatic rings. The van der Waals surface area contributed by atoms with E-state index in [1.165, 1.54) is 19.3 Å². The topological polar surface area (TPSA) is 66.8 Å². The first-order valence-electron chi connectivity index (χ1n) is 6.34. The lowest BCUT2D eigenvalue weighted by Gasteiger charge is -2.23. The van der Waals surface area contributed by atoms with Gasteiger partial charge in [0.2, 0.25) is 0 Å². The van der Waals surface area contributed by atoms with Crippen molar-refractivity contribution in [3.63, 3.8) is 0 Å². The molecule has 0 aromatic heterocycles. The minimum Gasteiger partial charge on any atom is -0.490 e. The highest BCUT2D eigenvalue weighted by Gasteiger charge is 2.17. The van der Waals surface area contributed by atoms with Gasteiger partial charge in [-0.1, -0.05) is 18.6 Å². The third-order valence-electron chi connectivity index (χ3n) is 3.28. The third-order valence-corrected chi connectivity index (χ3v) is 3.28. The van der Waals surface area contributed by atoms with E-state index in [4.69, 9.17) is 9.84 Å². The van der Waals surface area contributed by atoms with E-state index in [1.54, 1.807) is 24.3 Å². The Labute approximate surface area is 106 Å². The molecule has 4 heteroatoms. The van der Waals surface area contributed by atoms with Crippen molar-refractivity contribution < 1.29 is 19.7 Å². The molecule has 0 spiro atoms. The Balaban J connectivity index is 1.96. The number of rotatable bonds is 4. The Morgan fingerprint density at radius 1 is 1.17 bits per heavy atom. The highest BCUT2D eigenvalue weighted by molar-refractivity contribution is 5.74. The molecule has 0 heterocycles. The number of carboxylic acids is 1. The van der Waals surface area contributed by atoms with Gasteiger partial charge in [-0.25, -0.2) is 4.79 Å². The van der Waals surface area contributed by atoms with E-state index >= 15 is 0 Å². The second-order valence-corrected chi connectivity index (χ2v) is 4.69. The molecule has 0 saturated heterocycles. The molecule has 98 valence electrons. The van der Waals surface area contributed by atoms with Crippen molar-refractivity contribution in [3.05, 3.63) is 29.8 Å². The summed E-state index contributed by atoms with van der Waals surface area (Å²) in [5.74, 6) is -0.501. The molecule has 1 fully saturated rings. The highest BCUT2D eigenvalue weighted by Crippen LogP contribution is 2.24. The van der Waals surface area contributed by atoms with E-state index < -0.39 is 12.1 Å². The second kappa shape index (κ2) is 5.87. The van der Waals surface area contributed by atoms with Crippen LogP contribution in [0.15, 0.2) is 24.3 Å². The number of hydrogen-bond acceptors (Lipinski definition) is 3. The highest BCUT2D eigenvalue weighted by atomic mass is 16.5. The summed E-state index contributed by atoms with van der Waals surface area (Å²) in [6.07, 6.45) is 4.67. The molecule has 2 rings (SSSR count). The van der Waals surface area contributed by atoms with Gasteiger partial charge in [0.1, 0.15) is 5.75 Å². The van der Waals surface area contributed by atoms with Crippen molar-refractivity contribution in [1.29, 1.82) is 0 Å². The van der Waals surface area contributed by atoms with Gasteiger partial charge in [0.05, 0.1) is 6.10 Å². The van der Waals surface area contributed by atoms with Crippen LogP contribution in [0, 0.1) is 0 Å². The van der Waals surface area contributed by atoms with Gasteiger partial charge in [0.15, 0.2) is 6.10 Å². The fourth-order valence-electron chi connectivity index (χ4n) is 2.25. The summed E-state index contributed by atoms with van der Waals surface area (Å²) in [4.78, 5) is 10.6. The van der Waals surface area contributed by atoms with Crippen LogP contribution in [0.1, 0.15) is 43.8 Å². The van der Waals surface area contributed by atoms with Crippen LogP contribution in [-0.2, 0) is 4.79 Å². The predicted octanol–water partition coefficient (Wildman–Crippen LogP) is 2.52. The normalized spacial score (nSPS) is 18.3. The lowest BCUT2D eigenvalue weighted by Crippen LogP contribution is -2.19. The van der Waals surface area contributed by atoms with Gasteiger partial charge in [-0.15, -0.1) is 0 Å². The number of ether oxygens (including phenoxy) is 1. The molecule has 0 amide bonds. The zero-order valence-corrected chi connectivity index (χ0v) is 10.2. The van der Waals surface area contributed by atoms with Crippen molar-refractivity contribution in [2.45, 2.75) is 44.3 Å². The molecule has 1 aliphatic carbocycles. The van der Waals surface area contributed by atoms with Gasteiger partial charge < -0.3 is 14.9 Å². The summed E-state index contributed by atoms with van der Waals surface area (Å²) in [7, 11) is 0. The number of aliphatic hydroxyl groups excluding tert-OH is 1. The fourth-order valence-corrected chi connectivity index (χ4v) is 2.25. The molecule has 1 atom stereocenters. The Kier molecular flexibility index (Phi) is 4.20. The summed E-state index contributed by atoms with van der Waals surface area (Å²) in [5, 5.41) is 18.1. The molecule has 1 aromatic carbocycles. The van der Waals surface area contributed by atoms with Crippen LogP contribution in [-0.4, -0.2) is 22.3 Å². The van der Waals surface area contributed by atoms with E-state index in [-0.39, 0.29) is 6.10 Å². The van der Waals surface area contributed by atoms with E-state index in [9.17, 15) is 9.90 Å². The van der Waals surface area contributed by atoms with Crippen LogP contribution >= 0.6 is 0 Å². The largest absolute Gasteiger partial charge is 0.490 e. The van der Waals surface area contributed by atoms with Gasteiger partial charge >= 0.3 is 5.97 Å². The van der Waals surface area contributed by atoms with Gasteiger partial charge in [-0.3, -0.25) is 0 Å². The van der Waals surface area contributed by atoms with Crippen molar-refractivity contribution in [2.24, 2.45) is 0 Å². The second-order valence-electron chi connectivity index (χ2n) is 4.69. The zero-order chi connectivity index (χ0) is 13.0. The molecule has 0 radical (unpaired) electrons. The van der Waals surface area contributed by atoms with Gasteiger partial charge in [-0.05, 0) is 43.4 Å². The maximum Gasteiger partial charge on any atom is 0.337 e. The molecule has 18 heavy (non-hydrogen) atoms. The molecule has 2 N–H and O–H groups in total. The number of carbonyl (C=O) groups is 1. The van der Waals surface area contributed by atoms with Gasteiger partial charge in [0, 0.05) is 0 Å². The number of aliphatic carboxylic acids is 1. The minimum atomic E-state index is -1.46. The monoisotopic (exact) mass is 250 g/mol. The maximum atomic E-state index is 10.6. The quantitative estimate of drug-likeness (QED) is 0.861. The van der Waals surface area contributed by atoms with Crippen LogP contribution in [0.4, 0.5) is 0 Å². The standard InChI is InChI=1S/C14H18O4/c15-13(14(16)17)10-6-8-12(9-7-10)18-11-4-2-1-3-5-11/h6-9,11,13,15H,1-5H2,(H,16,17)/t13-/m1/s1. The number of hydrogen-bond donors (Lipinski definition) is 2. The van der Waals surface area contributed by atoms with Crippen LogP contribution in [0.2, 0.25) is 0 Å². The van der Waals surface area contributed by atoms with E-state index in [1.807, 2.05) is 0 Å². The minimum absolute atomic E-state index is 0.272. The average Bonchev–Trinajstić information content (AvgIpc) is 2.40. The number of aliphatic hydroxyl groups is 1.